The van der Waals surface area contributed by atoms with Crippen LogP contribution in [0.5, 0.6) is 0 Å². The lowest BCUT2D eigenvalue weighted by Gasteiger charge is -2.41. The van der Waals surface area contributed by atoms with E-state index in [9.17, 15) is 0 Å². The van der Waals surface area contributed by atoms with Crippen molar-refractivity contribution in [3.05, 3.63) is 0 Å². The van der Waals surface area contributed by atoms with Crippen molar-refractivity contribution in [3.63, 3.8) is 0 Å². The maximum Gasteiger partial charge on any atom is -0.00154 e. The fourth-order valence-corrected chi connectivity index (χ4v) is 2.20. The van der Waals surface area contributed by atoms with Crippen LogP contribution in [0.2, 0.25) is 0 Å². The van der Waals surface area contributed by atoms with E-state index in [-0.39, 0.29) is 0 Å². The summed E-state index contributed by atoms with van der Waals surface area (Å²) in [6.07, 6.45) is 4.03. The van der Waals surface area contributed by atoms with Crippen molar-refractivity contribution in [2.24, 2.45) is 11.3 Å². The summed E-state index contributed by atoms with van der Waals surface area (Å²) in [5.74, 6) is 0.904. The summed E-state index contributed by atoms with van der Waals surface area (Å²) in [4.78, 5) is 0. The van der Waals surface area contributed by atoms with Gasteiger partial charge in [-0.3, -0.25) is 0 Å². The van der Waals surface area contributed by atoms with E-state index in [0.29, 0.717) is 5.41 Å². The summed E-state index contributed by atoms with van der Waals surface area (Å²) in [6, 6.07) is 0. The Morgan fingerprint density at radius 2 is 1.92 bits per heavy atom. The molecular weight excluding hydrogens is 158 g/mol. The molecule has 0 radical (unpaired) electrons. The maximum atomic E-state index is 3.48. The normalized spacial score (nSPS) is 33.5. The first kappa shape index (κ1) is 13.0. The number of hydrogen-bond donors (Lipinski definition) is 1. The zero-order valence-corrected chi connectivity index (χ0v) is 10.1. The van der Waals surface area contributed by atoms with Crippen LogP contribution in [0.15, 0.2) is 0 Å². The highest BCUT2D eigenvalue weighted by atomic mass is 14.9. The van der Waals surface area contributed by atoms with E-state index in [2.05, 4.69) is 26.1 Å². The van der Waals surface area contributed by atoms with Crippen molar-refractivity contribution < 1.29 is 0 Å². The van der Waals surface area contributed by atoms with Gasteiger partial charge in [-0.1, -0.05) is 47.5 Å². The highest BCUT2D eigenvalue weighted by Crippen LogP contribution is 2.38. The molecule has 0 bridgehead atoms. The average molecular weight is 185 g/mol. The molecule has 1 aliphatic heterocycles. The smallest absolute Gasteiger partial charge is 0.00154 e. The van der Waals surface area contributed by atoms with Crippen LogP contribution in [-0.2, 0) is 0 Å². The van der Waals surface area contributed by atoms with Gasteiger partial charge >= 0.3 is 0 Å². The fourth-order valence-electron chi connectivity index (χ4n) is 2.20. The molecule has 0 aromatic carbocycles. The SMILES string of the molecule is CC.CCC1CNCCC1(C)CC. The predicted octanol–water partition coefficient (Wildman–Crippen LogP) is 3.45. The van der Waals surface area contributed by atoms with E-state index >= 15 is 0 Å². The van der Waals surface area contributed by atoms with Gasteiger partial charge < -0.3 is 5.32 Å². The van der Waals surface area contributed by atoms with E-state index < -0.39 is 0 Å². The topological polar surface area (TPSA) is 12.0 Å². The van der Waals surface area contributed by atoms with Crippen LogP contribution in [0.25, 0.3) is 0 Å². The largest absolute Gasteiger partial charge is 0.316 e. The first-order chi connectivity index (χ1) is 6.23. The van der Waals surface area contributed by atoms with Gasteiger partial charge in [0.15, 0.2) is 0 Å². The van der Waals surface area contributed by atoms with Crippen molar-refractivity contribution in [2.45, 2.75) is 53.9 Å². The van der Waals surface area contributed by atoms with E-state index in [4.69, 9.17) is 0 Å². The summed E-state index contributed by atoms with van der Waals surface area (Å²) in [5, 5.41) is 3.48. The van der Waals surface area contributed by atoms with Gasteiger partial charge in [0.05, 0.1) is 0 Å². The van der Waals surface area contributed by atoms with Crippen LogP contribution >= 0.6 is 0 Å². The molecule has 0 aliphatic carbocycles. The molecule has 1 rings (SSSR count). The van der Waals surface area contributed by atoms with Crippen LogP contribution in [-0.4, -0.2) is 13.1 Å². The monoisotopic (exact) mass is 185 g/mol. The van der Waals surface area contributed by atoms with Gasteiger partial charge in [0.25, 0.3) is 0 Å². The molecule has 1 aliphatic rings. The Bertz CT molecular complexity index is 122. The second kappa shape index (κ2) is 6.42. The molecule has 1 saturated heterocycles. The highest BCUT2D eigenvalue weighted by molar-refractivity contribution is 4.86. The number of nitrogens with one attached hydrogen (secondary N) is 1. The molecule has 80 valence electrons. The molecule has 0 amide bonds. The summed E-state index contributed by atoms with van der Waals surface area (Å²) in [7, 11) is 0. The Labute approximate surface area is 84.3 Å². The molecule has 2 atom stereocenters. The van der Waals surface area contributed by atoms with Gasteiger partial charge in [0.1, 0.15) is 0 Å². The van der Waals surface area contributed by atoms with Crippen LogP contribution in [0.1, 0.15) is 53.9 Å². The molecule has 2 unspecified atom stereocenters. The van der Waals surface area contributed by atoms with Crippen molar-refractivity contribution in [1.29, 1.82) is 0 Å². The Hall–Kier alpha value is -0.0400. The zero-order valence-electron chi connectivity index (χ0n) is 10.1. The van der Waals surface area contributed by atoms with E-state index in [1.54, 1.807) is 0 Å². The number of hydrogen-bond acceptors (Lipinski definition) is 1. The summed E-state index contributed by atoms with van der Waals surface area (Å²) < 4.78 is 0. The fraction of sp³-hybridized carbons (Fsp3) is 1.00. The molecule has 0 saturated carbocycles. The Kier molecular flexibility index (Phi) is 6.40. The molecule has 0 aromatic heterocycles. The molecule has 1 N–H and O–H groups in total. The number of rotatable bonds is 2. The first-order valence-electron chi connectivity index (χ1n) is 5.93. The van der Waals surface area contributed by atoms with Crippen molar-refractivity contribution >= 4 is 0 Å². The first-order valence-corrected chi connectivity index (χ1v) is 5.93. The van der Waals surface area contributed by atoms with Crippen LogP contribution < -0.4 is 5.32 Å². The Balaban J connectivity index is 0.000000671. The van der Waals surface area contributed by atoms with Gasteiger partial charge in [-0.05, 0) is 30.8 Å². The molecular formula is C12H27N. The summed E-state index contributed by atoms with van der Waals surface area (Å²) >= 11 is 0. The minimum Gasteiger partial charge on any atom is -0.316 e. The van der Waals surface area contributed by atoms with Gasteiger partial charge in [-0.2, -0.15) is 0 Å². The van der Waals surface area contributed by atoms with Crippen LogP contribution in [0.3, 0.4) is 0 Å². The Morgan fingerprint density at radius 3 is 2.31 bits per heavy atom. The molecule has 1 fully saturated rings. The second-order valence-electron chi connectivity index (χ2n) is 4.07. The lowest BCUT2D eigenvalue weighted by atomic mass is 9.69. The molecule has 0 spiro atoms. The van der Waals surface area contributed by atoms with Gasteiger partial charge in [0, 0.05) is 0 Å². The van der Waals surface area contributed by atoms with Gasteiger partial charge in [0.2, 0.25) is 0 Å². The van der Waals surface area contributed by atoms with E-state index in [1.807, 2.05) is 13.8 Å². The third-order valence-corrected chi connectivity index (χ3v) is 3.55. The highest BCUT2D eigenvalue weighted by Gasteiger charge is 2.33. The third kappa shape index (κ3) is 3.30. The van der Waals surface area contributed by atoms with Crippen molar-refractivity contribution in [1.82, 2.24) is 5.32 Å². The second-order valence-corrected chi connectivity index (χ2v) is 4.07. The summed E-state index contributed by atoms with van der Waals surface area (Å²) in [5.41, 5.74) is 0.625. The molecule has 1 heteroatoms. The average Bonchev–Trinajstić information content (AvgIpc) is 2.21. The zero-order chi connectivity index (χ0) is 10.3. The molecule has 1 nitrogen and oxygen atoms in total. The minimum absolute atomic E-state index is 0.625. The lowest BCUT2D eigenvalue weighted by molar-refractivity contribution is 0.120. The van der Waals surface area contributed by atoms with Gasteiger partial charge in [-0.15, -0.1) is 0 Å². The maximum absolute atomic E-state index is 3.48. The molecule has 13 heavy (non-hydrogen) atoms. The molecule has 0 aromatic rings. The van der Waals surface area contributed by atoms with E-state index in [0.717, 1.165) is 5.92 Å². The Morgan fingerprint density at radius 1 is 1.31 bits per heavy atom. The van der Waals surface area contributed by atoms with Crippen molar-refractivity contribution in [3.8, 4) is 0 Å². The third-order valence-electron chi connectivity index (χ3n) is 3.55. The quantitative estimate of drug-likeness (QED) is 0.695. The standard InChI is InChI=1S/C10H21N.C2H6/c1-4-9-8-11-7-6-10(9,3)5-2;1-2/h9,11H,4-8H2,1-3H3;1-2H3. The van der Waals surface area contributed by atoms with E-state index in [1.165, 1.54) is 32.4 Å². The lowest BCUT2D eigenvalue weighted by Crippen LogP contribution is -2.42. The van der Waals surface area contributed by atoms with Gasteiger partial charge in [-0.25, -0.2) is 0 Å². The molecule has 1 heterocycles. The minimum atomic E-state index is 0.625. The van der Waals surface area contributed by atoms with Crippen LogP contribution in [0, 0.1) is 11.3 Å². The number of piperidine rings is 1. The van der Waals surface area contributed by atoms with Crippen molar-refractivity contribution in [2.75, 3.05) is 13.1 Å². The predicted molar refractivity (Wildman–Crippen MR) is 61.0 cm³/mol. The summed E-state index contributed by atoms with van der Waals surface area (Å²) in [6.45, 7) is 13.5. The van der Waals surface area contributed by atoms with Crippen LogP contribution in [0.4, 0.5) is 0 Å².